The van der Waals surface area contributed by atoms with Crippen LogP contribution in [0.15, 0.2) is 297 Å². The van der Waals surface area contributed by atoms with Gasteiger partial charge in [-0.3, -0.25) is 0 Å². The van der Waals surface area contributed by atoms with E-state index in [0.29, 0.717) is 34.0 Å². The lowest BCUT2D eigenvalue weighted by Crippen LogP contribution is -2.59. The lowest BCUT2D eigenvalue weighted by Gasteiger charge is -2.42. The summed E-state index contributed by atoms with van der Waals surface area (Å²) in [6, 6.07) is 59.7. The van der Waals surface area contributed by atoms with Crippen molar-refractivity contribution in [2.45, 2.75) is 31.6 Å². The van der Waals surface area contributed by atoms with Gasteiger partial charge in [0.2, 0.25) is 0 Å². The summed E-state index contributed by atoms with van der Waals surface area (Å²) in [6.45, 7) is 5.77. The minimum absolute atomic E-state index is 0.0484. The van der Waals surface area contributed by atoms with E-state index in [-0.39, 0.29) is 54.7 Å². The highest BCUT2D eigenvalue weighted by Crippen LogP contribution is 2.59. The molecular weight excluding hydrogens is 1070 g/mol. The van der Waals surface area contributed by atoms with Crippen LogP contribution in [0.25, 0.3) is 88.4 Å². The summed E-state index contributed by atoms with van der Waals surface area (Å²) in [5, 5.41) is -0.292. The Hall–Kier alpha value is -10.9. The first kappa shape index (κ1) is 36.9. The number of anilines is 3. The summed E-state index contributed by atoms with van der Waals surface area (Å²) in [6.07, 6.45) is 0. The van der Waals surface area contributed by atoms with Crippen molar-refractivity contribution in [3.05, 3.63) is 325 Å². The van der Waals surface area contributed by atoms with Crippen LogP contribution in [0, 0.1) is 0 Å². The van der Waals surface area contributed by atoms with Crippen molar-refractivity contribution in [1.29, 1.82) is 0 Å². The average molecular weight is 1140 g/mol. The molecule has 0 saturated heterocycles. The van der Waals surface area contributed by atoms with Crippen molar-refractivity contribution in [1.82, 2.24) is 9.13 Å². The first-order valence-electron chi connectivity index (χ1n) is 37.5. The Morgan fingerprint density at radius 3 is 1.52 bits per heavy atom. The van der Waals surface area contributed by atoms with E-state index in [9.17, 15) is 11.0 Å². The molecule has 0 atom stereocenters. The van der Waals surface area contributed by atoms with Crippen molar-refractivity contribution in [3.8, 4) is 56.3 Å². The van der Waals surface area contributed by atoms with Crippen molar-refractivity contribution in [3.63, 3.8) is 0 Å². The maximum atomic E-state index is 9.68. The quantitative estimate of drug-likeness (QED) is 0.148. The van der Waals surface area contributed by atoms with Crippen LogP contribution in [-0.2, 0) is 10.8 Å². The van der Waals surface area contributed by atoms with Crippen LogP contribution in [0.1, 0.15) is 70.5 Å². The van der Waals surface area contributed by atoms with E-state index in [0.717, 1.165) is 77.8 Å². The van der Waals surface area contributed by atoms with Gasteiger partial charge in [-0.15, -0.1) is 0 Å². The fourth-order valence-electron chi connectivity index (χ4n) is 14.6. The van der Waals surface area contributed by atoms with Gasteiger partial charge in [-0.05, 0) is 144 Å². The summed E-state index contributed by atoms with van der Waals surface area (Å²) in [4.78, 5) is 2.21. The monoisotopic (exact) mass is 1140 g/mol. The van der Waals surface area contributed by atoms with Gasteiger partial charge in [0.25, 0.3) is 6.71 Å². The summed E-state index contributed by atoms with van der Waals surface area (Å²) in [5.74, 6) is 0.754. The molecule has 0 N–H and O–H groups in total. The minimum Gasteiger partial charge on any atom is -0.458 e. The summed E-state index contributed by atoms with van der Waals surface area (Å²) in [5.41, 5.74) is 14.0. The fraction of sp³-hybridized carbons (Fsp3) is 0.0602. The SMILES string of the molecule is [2H]c1c([2H])c([2H])c2c(c1[2H])c1c([2H])c([2H])c([2H])c([2H])c1n2-c1ccc2c(c1)Oc1cc(-c3cccc4c3C(c3ccccc3)(c3ccccc3)c3ccccc3-4)cc3c1B2c1ccc(-n2c4c([2H])c([2H])c([2H])c([2H])c4c4c([2H])c([2H])c([2H])c([2H])c42)cc1N3c1ccc(C(C)(C)C)cc1-c1ccccc1. The highest BCUT2D eigenvalue weighted by Gasteiger charge is 2.49. The third kappa shape index (κ3) is 7.22. The summed E-state index contributed by atoms with van der Waals surface area (Å²) in [7, 11) is 0. The van der Waals surface area contributed by atoms with E-state index < -0.39 is 109 Å². The van der Waals surface area contributed by atoms with Crippen molar-refractivity contribution in [2.24, 2.45) is 0 Å². The molecule has 18 rings (SSSR count). The molecule has 0 amide bonds. The Kier molecular flexibility index (Phi) is 7.98. The number of hydrogen-bond donors (Lipinski definition) is 0. The number of rotatable bonds is 7. The fourth-order valence-corrected chi connectivity index (χ4v) is 14.6. The highest BCUT2D eigenvalue weighted by atomic mass is 16.5. The number of benzene rings is 13. The number of hydrogen-bond acceptors (Lipinski definition) is 2. The molecule has 88 heavy (non-hydrogen) atoms. The van der Waals surface area contributed by atoms with Gasteiger partial charge in [0.15, 0.2) is 0 Å². The zero-order valence-electron chi connectivity index (χ0n) is 63.9. The van der Waals surface area contributed by atoms with Crippen LogP contribution < -0.4 is 26.0 Å². The van der Waals surface area contributed by atoms with Gasteiger partial charge in [0.1, 0.15) is 11.5 Å². The first-order valence-corrected chi connectivity index (χ1v) is 29.5. The molecule has 0 fully saturated rings. The number of fused-ring (bicyclic) bond motifs is 13. The third-order valence-electron chi connectivity index (χ3n) is 18.3. The molecule has 5 heteroatoms. The van der Waals surface area contributed by atoms with Gasteiger partial charge < -0.3 is 18.8 Å². The Morgan fingerprint density at radius 2 is 0.920 bits per heavy atom. The Morgan fingerprint density at radius 1 is 0.398 bits per heavy atom. The molecule has 2 aliphatic heterocycles. The molecule has 13 aromatic carbocycles. The molecule has 4 heterocycles. The van der Waals surface area contributed by atoms with Crippen LogP contribution in [-0.4, -0.2) is 15.8 Å². The average Bonchev–Trinajstić information content (AvgIpc) is 1.43. The number of nitrogens with zero attached hydrogens (tertiary/aromatic N) is 3. The van der Waals surface area contributed by atoms with Crippen LogP contribution in [0.3, 0.4) is 0 Å². The molecule has 0 bridgehead atoms. The first-order chi connectivity index (χ1) is 49.9. The zero-order valence-corrected chi connectivity index (χ0v) is 47.9. The van der Waals surface area contributed by atoms with E-state index in [4.69, 9.17) is 15.7 Å². The lowest BCUT2D eigenvalue weighted by atomic mass is 9.34. The molecule has 1 aliphatic carbocycles. The molecule has 2 aromatic heterocycles. The van der Waals surface area contributed by atoms with E-state index in [1.165, 1.54) is 9.13 Å². The molecule has 0 unspecified atom stereocenters. The van der Waals surface area contributed by atoms with Gasteiger partial charge in [-0.25, -0.2) is 0 Å². The predicted molar refractivity (Wildman–Crippen MR) is 368 cm³/mol. The second-order valence-corrected chi connectivity index (χ2v) is 23.9. The van der Waals surface area contributed by atoms with Crippen LogP contribution >= 0.6 is 0 Å². The van der Waals surface area contributed by atoms with E-state index in [2.05, 4.69) is 159 Å². The topological polar surface area (TPSA) is 22.3 Å². The Labute approximate surface area is 535 Å². The number of para-hydroxylation sites is 4. The van der Waals surface area contributed by atoms with Crippen LogP contribution in [0.2, 0.25) is 0 Å². The van der Waals surface area contributed by atoms with E-state index >= 15 is 0 Å². The van der Waals surface area contributed by atoms with Gasteiger partial charge in [0, 0.05) is 55.9 Å². The smallest absolute Gasteiger partial charge is 0.256 e. The standard InChI is InChI=1S/C83H58BN3O/c1-82(2,3)57-42-47-75(67(50-57)53-24-7-4-8-25-53)87-76-51-58(85-71-38-19-14-31-62(71)63-32-15-20-39-72(63)85)43-45-69(76)84-70-46-44-59(86-73-40-21-16-33-64(73)65-34-17-22-41-74(65)86)52-78(70)88-79-49-54(48-77(87)81(79)84)60-35-23-36-66-61-30-13-18-37-68(61)83(80(60)66,55-26-9-5-10-27-55)56-28-11-6-12-29-56/h4-52H,1-3H3/i14D,15D,16D,17D,19D,20D,21D,22D,31D,32D,33D,34D,38D,39D,40D,41D. The number of aromatic nitrogens is 2. The largest absolute Gasteiger partial charge is 0.458 e. The molecule has 3 aliphatic rings. The molecule has 0 spiro atoms. The third-order valence-corrected chi connectivity index (χ3v) is 18.3. The minimum atomic E-state index is -0.896. The Balaban J connectivity index is 0.997. The van der Waals surface area contributed by atoms with Crippen molar-refractivity contribution in [2.75, 3.05) is 4.90 Å². The second kappa shape index (κ2) is 19.1. The second-order valence-electron chi connectivity index (χ2n) is 23.9. The molecule has 4 nitrogen and oxygen atoms in total. The lowest BCUT2D eigenvalue weighted by molar-refractivity contribution is 0.487. The van der Waals surface area contributed by atoms with Gasteiger partial charge >= 0.3 is 0 Å². The summed E-state index contributed by atoms with van der Waals surface area (Å²) >= 11 is 0. The van der Waals surface area contributed by atoms with Crippen molar-refractivity contribution >= 4 is 83.8 Å². The van der Waals surface area contributed by atoms with Gasteiger partial charge in [-0.1, -0.05) is 245 Å². The zero-order chi connectivity index (χ0) is 72.3. The van der Waals surface area contributed by atoms with Crippen LogP contribution in [0.4, 0.5) is 17.1 Å². The maximum absolute atomic E-state index is 9.68. The highest BCUT2D eigenvalue weighted by molar-refractivity contribution is 6.99. The normalized spacial score (nSPS) is 16.1. The van der Waals surface area contributed by atoms with E-state index in [1.54, 1.807) is 18.2 Å². The van der Waals surface area contributed by atoms with E-state index in [1.807, 2.05) is 48.5 Å². The van der Waals surface area contributed by atoms with Gasteiger partial charge in [0.05, 0.1) is 55.1 Å². The summed E-state index contributed by atoms with van der Waals surface area (Å²) < 4.78 is 158. The molecule has 15 aromatic rings. The van der Waals surface area contributed by atoms with Gasteiger partial charge in [-0.2, -0.15) is 0 Å². The van der Waals surface area contributed by atoms with Crippen LogP contribution in [0.5, 0.6) is 11.5 Å². The predicted octanol–water partition coefficient (Wildman–Crippen LogP) is 19.3. The molecular formula is C83H58BN3O. The molecule has 0 radical (unpaired) electrons. The molecule has 414 valence electrons. The maximum Gasteiger partial charge on any atom is 0.256 e. The van der Waals surface area contributed by atoms with Crippen molar-refractivity contribution < 1.29 is 26.7 Å². The number of ether oxygens (including phenoxy) is 1. The Bertz CT molecular complexity index is 6160. The molecule has 0 saturated carbocycles.